The Bertz CT molecular complexity index is 943. The first-order valence-corrected chi connectivity index (χ1v) is 9.41. The number of benzene rings is 2. The Kier molecular flexibility index (Phi) is 6.10. The van der Waals surface area contributed by atoms with E-state index >= 15 is 0 Å². The lowest BCUT2D eigenvalue weighted by Gasteiger charge is -2.12. The molecule has 7 nitrogen and oxygen atoms in total. The zero-order valence-electron chi connectivity index (χ0n) is 15.6. The van der Waals surface area contributed by atoms with Crippen LogP contribution in [0.1, 0.15) is 11.1 Å². The van der Waals surface area contributed by atoms with Gasteiger partial charge in [-0.3, -0.25) is 14.9 Å². The third-order valence-corrected chi connectivity index (χ3v) is 5.00. The van der Waals surface area contributed by atoms with Crippen LogP contribution in [0.5, 0.6) is 11.5 Å². The van der Waals surface area contributed by atoms with Gasteiger partial charge in [-0.05, 0) is 59.7 Å². The van der Waals surface area contributed by atoms with E-state index in [4.69, 9.17) is 15.2 Å². The Balaban J connectivity index is 1.67. The first-order valence-electron chi connectivity index (χ1n) is 8.59. The summed E-state index contributed by atoms with van der Waals surface area (Å²) in [4.78, 5) is 23.3. The standard InChI is InChI=1S/C20H21N3O4S/c1-26-16-6-4-12(10-17(16)27-2)7-8-22-15-9-13(3-5-14(15)21)11-18-19(24)23-20(25)28-18/h3-6,9-11,22H,7-8,21H2,1-2H3,(H,23,24,25). The van der Waals surface area contributed by atoms with Crippen LogP contribution in [0.4, 0.5) is 16.2 Å². The van der Waals surface area contributed by atoms with Gasteiger partial charge < -0.3 is 20.5 Å². The lowest BCUT2D eigenvalue weighted by Crippen LogP contribution is -2.17. The molecule has 0 radical (unpaired) electrons. The van der Waals surface area contributed by atoms with Crippen LogP contribution in [0.25, 0.3) is 6.08 Å². The molecule has 1 aliphatic rings. The number of carbonyl (C=O) groups is 2. The number of amides is 2. The maximum Gasteiger partial charge on any atom is 0.290 e. The molecule has 2 aromatic carbocycles. The second kappa shape index (κ2) is 8.71. The summed E-state index contributed by atoms with van der Waals surface area (Å²) in [5.41, 5.74) is 9.31. The van der Waals surface area contributed by atoms with Crippen molar-refractivity contribution in [2.45, 2.75) is 6.42 Å². The average molecular weight is 399 g/mol. The topological polar surface area (TPSA) is 103 Å². The van der Waals surface area contributed by atoms with Crippen molar-refractivity contribution < 1.29 is 19.1 Å². The number of thioether (sulfide) groups is 1. The predicted molar refractivity (Wildman–Crippen MR) is 112 cm³/mol. The van der Waals surface area contributed by atoms with Crippen LogP contribution in [0, 0.1) is 0 Å². The van der Waals surface area contributed by atoms with E-state index in [1.807, 2.05) is 24.3 Å². The molecule has 0 aliphatic carbocycles. The number of carbonyl (C=O) groups excluding carboxylic acids is 2. The van der Waals surface area contributed by atoms with Crippen LogP contribution < -0.4 is 25.8 Å². The molecule has 1 fully saturated rings. The maximum atomic E-state index is 11.7. The molecule has 1 heterocycles. The highest BCUT2D eigenvalue weighted by Gasteiger charge is 2.24. The van der Waals surface area contributed by atoms with Gasteiger partial charge in [0.05, 0.1) is 30.5 Å². The predicted octanol–water partition coefficient (Wildman–Crippen LogP) is 3.26. The number of hydrogen-bond acceptors (Lipinski definition) is 7. The molecule has 1 aliphatic heterocycles. The summed E-state index contributed by atoms with van der Waals surface area (Å²) < 4.78 is 10.6. The van der Waals surface area contributed by atoms with E-state index in [1.165, 1.54) is 0 Å². The van der Waals surface area contributed by atoms with Crippen LogP contribution in [0.15, 0.2) is 41.3 Å². The SMILES string of the molecule is COc1ccc(CCNc2cc(C=C3SC(=O)NC3=O)ccc2N)cc1OC. The van der Waals surface area contributed by atoms with E-state index in [1.54, 1.807) is 32.4 Å². The molecule has 28 heavy (non-hydrogen) atoms. The molecular formula is C20H21N3O4S. The molecular weight excluding hydrogens is 378 g/mol. The highest BCUT2D eigenvalue weighted by Crippen LogP contribution is 2.29. The quantitative estimate of drug-likeness (QED) is 0.485. The van der Waals surface area contributed by atoms with E-state index < -0.39 is 0 Å². The molecule has 3 rings (SSSR count). The molecule has 2 aromatic rings. The van der Waals surface area contributed by atoms with Crippen molar-refractivity contribution in [2.24, 2.45) is 0 Å². The Morgan fingerprint density at radius 2 is 1.89 bits per heavy atom. The van der Waals surface area contributed by atoms with Crippen molar-refractivity contribution in [3.63, 3.8) is 0 Å². The van der Waals surface area contributed by atoms with Crippen molar-refractivity contribution in [1.29, 1.82) is 0 Å². The van der Waals surface area contributed by atoms with Gasteiger partial charge in [-0.25, -0.2) is 0 Å². The van der Waals surface area contributed by atoms with Gasteiger partial charge in [-0.2, -0.15) is 0 Å². The summed E-state index contributed by atoms with van der Waals surface area (Å²) in [6, 6.07) is 11.2. The fraction of sp³-hybridized carbons (Fsp3) is 0.200. The molecule has 0 atom stereocenters. The van der Waals surface area contributed by atoms with Gasteiger partial charge in [-0.1, -0.05) is 12.1 Å². The third-order valence-electron chi connectivity index (χ3n) is 4.19. The fourth-order valence-corrected chi connectivity index (χ4v) is 3.45. The van der Waals surface area contributed by atoms with Gasteiger partial charge in [0.1, 0.15) is 0 Å². The van der Waals surface area contributed by atoms with Crippen molar-refractivity contribution in [3.05, 3.63) is 52.4 Å². The summed E-state index contributed by atoms with van der Waals surface area (Å²) in [6.45, 7) is 0.660. The van der Waals surface area contributed by atoms with E-state index in [0.29, 0.717) is 28.6 Å². The lowest BCUT2D eigenvalue weighted by molar-refractivity contribution is -0.115. The smallest absolute Gasteiger partial charge is 0.290 e. The Labute approximate surface area is 167 Å². The van der Waals surface area contributed by atoms with E-state index in [-0.39, 0.29) is 11.1 Å². The van der Waals surface area contributed by atoms with Crippen molar-refractivity contribution in [1.82, 2.24) is 5.32 Å². The number of nitrogen functional groups attached to an aromatic ring is 1. The van der Waals surface area contributed by atoms with Crippen LogP contribution in [0.2, 0.25) is 0 Å². The minimum absolute atomic E-state index is 0.361. The average Bonchev–Trinajstić information content (AvgIpc) is 3.00. The number of rotatable bonds is 7. The summed E-state index contributed by atoms with van der Waals surface area (Å²) in [7, 11) is 3.21. The molecule has 0 saturated carbocycles. The van der Waals surface area contributed by atoms with Gasteiger partial charge in [0.2, 0.25) is 0 Å². The number of nitrogens with one attached hydrogen (secondary N) is 2. The number of ether oxygens (including phenoxy) is 2. The molecule has 146 valence electrons. The number of hydrogen-bond donors (Lipinski definition) is 3. The first kappa shape index (κ1) is 19.6. The molecule has 0 unspecified atom stereocenters. The number of nitrogens with two attached hydrogens (primary N) is 1. The normalized spacial score (nSPS) is 14.9. The van der Waals surface area contributed by atoms with Crippen molar-refractivity contribution in [2.75, 3.05) is 31.8 Å². The summed E-state index contributed by atoms with van der Waals surface area (Å²) >= 11 is 0.888. The molecule has 0 spiro atoms. The minimum Gasteiger partial charge on any atom is -0.493 e. The summed E-state index contributed by atoms with van der Waals surface area (Å²) in [5, 5.41) is 5.19. The summed E-state index contributed by atoms with van der Waals surface area (Å²) in [6.07, 6.45) is 2.43. The molecule has 8 heteroatoms. The molecule has 2 amide bonds. The highest BCUT2D eigenvalue weighted by molar-refractivity contribution is 8.18. The van der Waals surface area contributed by atoms with Crippen molar-refractivity contribution >= 4 is 40.4 Å². The summed E-state index contributed by atoms with van der Waals surface area (Å²) in [5.74, 6) is 1.00. The Morgan fingerprint density at radius 3 is 2.57 bits per heavy atom. The number of anilines is 2. The maximum absolute atomic E-state index is 11.7. The molecule has 4 N–H and O–H groups in total. The van der Waals surface area contributed by atoms with Crippen LogP contribution in [-0.4, -0.2) is 31.9 Å². The van der Waals surface area contributed by atoms with E-state index in [0.717, 1.165) is 35.0 Å². The fourth-order valence-electron chi connectivity index (χ4n) is 2.77. The van der Waals surface area contributed by atoms with E-state index in [9.17, 15) is 9.59 Å². The van der Waals surface area contributed by atoms with Gasteiger partial charge in [0.25, 0.3) is 11.1 Å². The second-order valence-electron chi connectivity index (χ2n) is 6.07. The largest absolute Gasteiger partial charge is 0.493 e. The Morgan fingerprint density at radius 1 is 1.11 bits per heavy atom. The monoisotopic (exact) mass is 399 g/mol. The van der Waals surface area contributed by atoms with Gasteiger partial charge in [-0.15, -0.1) is 0 Å². The van der Waals surface area contributed by atoms with Crippen LogP contribution in [0.3, 0.4) is 0 Å². The van der Waals surface area contributed by atoms with Crippen LogP contribution >= 0.6 is 11.8 Å². The number of imide groups is 1. The van der Waals surface area contributed by atoms with Crippen LogP contribution in [-0.2, 0) is 11.2 Å². The zero-order chi connectivity index (χ0) is 20.1. The van der Waals surface area contributed by atoms with Gasteiger partial charge in [0, 0.05) is 6.54 Å². The van der Waals surface area contributed by atoms with Gasteiger partial charge in [0.15, 0.2) is 11.5 Å². The molecule has 0 bridgehead atoms. The number of methoxy groups -OCH3 is 2. The van der Waals surface area contributed by atoms with Crippen molar-refractivity contribution in [3.8, 4) is 11.5 Å². The Hall–Kier alpha value is -3.13. The van der Waals surface area contributed by atoms with Gasteiger partial charge >= 0.3 is 0 Å². The highest BCUT2D eigenvalue weighted by atomic mass is 32.2. The third kappa shape index (κ3) is 4.58. The lowest BCUT2D eigenvalue weighted by atomic mass is 10.1. The molecule has 1 saturated heterocycles. The second-order valence-corrected chi connectivity index (χ2v) is 7.08. The zero-order valence-corrected chi connectivity index (χ0v) is 16.4. The first-order chi connectivity index (χ1) is 13.5. The minimum atomic E-state index is -0.380. The van der Waals surface area contributed by atoms with E-state index in [2.05, 4.69) is 10.6 Å². The molecule has 0 aromatic heterocycles.